The lowest BCUT2D eigenvalue weighted by atomic mass is 10.1. The summed E-state index contributed by atoms with van der Waals surface area (Å²) in [5, 5.41) is 0. The molecule has 2 aromatic rings. The van der Waals surface area contributed by atoms with E-state index in [9.17, 15) is 4.39 Å². The number of benzene rings is 1. The van der Waals surface area contributed by atoms with Gasteiger partial charge in [0.15, 0.2) is 0 Å². The minimum atomic E-state index is -0.322. The molecule has 0 atom stereocenters. The van der Waals surface area contributed by atoms with Gasteiger partial charge in [0, 0.05) is 23.9 Å². The van der Waals surface area contributed by atoms with E-state index in [0.717, 1.165) is 0 Å². The summed E-state index contributed by atoms with van der Waals surface area (Å²) >= 11 is 0. The summed E-state index contributed by atoms with van der Waals surface area (Å²) in [4.78, 5) is 4.19. The fourth-order valence-corrected chi connectivity index (χ4v) is 1.63. The van der Waals surface area contributed by atoms with E-state index < -0.39 is 0 Å². The fraction of sp³-hybridized carbons (Fsp3) is 0.154. The molecule has 1 aromatic carbocycles. The smallest absolute Gasteiger partial charge is 0.145 e. The van der Waals surface area contributed by atoms with Crippen molar-refractivity contribution in [3.63, 3.8) is 0 Å². The Morgan fingerprint density at radius 3 is 2.82 bits per heavy atom. The molecule has 2 rings (SSSR count). The molecule has 88 valence electrons. The molecule has 3 nitrogen and oxygen atoms in total. The molecular formula is C13H13FN2O. The molecule has 0 aliphatic heterocycles. The van der Waals surface area contributed by atoms with Gasteiger partial charge in [-0.2, -0.15) is 0 Å². The Hall–Kier alpha value is -1.94. The Balaban J connectivity index is 2.49. The Morgan fingerprint density at radius 1 is 1.35 bits per heavy atom. The molecule has 1 aromatic heterocycles. The first kappa shape index (κ1) is 11.5. The lowest BCUT2D eigenvalue weighted by Crippen LogP contribution is -2.00. The summed E-state index contributed by atoms with van der Waals surface area (Å²) in [5.74, 6) is 0.296. The molecule has 0 radical (unpaired) electrons. The van der Waals surface area contributed by atoms with Crippen molar-refractivity contribution in [2.24, 2.45) is 5.73 Å². The summed E-state index contributed by atoms with van der Waals surface area (Å²) in [6.07, 6.45) is 1.65. The molecule has 0 unspecified atom stereocenters. The number of ether oxygens (including phenoxy) is 1. The summed E-state index contributed by atoms with van der Waals surface area (Å²) in [7, 11) is 1.56. The van der Waals surface area contributed by atoms with Crippen LogP contribution in [0.25, 0.3) is 11.3 Å². The molecule has 0 fully saturated rings. The molecule has 4 heteroatoms. The molecule has 0 aliphatic rings. The van der Waals surface area contributed by atoms with Gasteiger partial charge in [0.1, 0.15) is 17.3 Å². The number of aromatic nitrogens is 1. The first-order valence-corrected chi connectivity index (χ1v) is 5.24. The standard InChI is InChI=1S/C13H13FN2O/c1-17-12-3-2-6-16-13(12)9-4-5-10(8-15)11(14)7-9/h2-7H,8,15H2,1H3. The van der Waals surface area contributed by atoms with E-state index in [2.05, 4.69) is 4.98 Å². The molecule has 0 saturated carbocycles. The summed E-state index contributed by atoms with van der Waals surface area (Å²) < 4.78 is 18.8. The van der Waals surface area contributed by atoms with Gasteiger partial charge in [-0.15, -0.1) is 0 Å². The first-order valence-electron chi connectivity index (χ1n) is 5.24. The second-order valence-corrected chi connectivity index (χ2v) is 3.56. The third-order valence-electron chi connectivity index (χ3n) is 2.54. The van der Waals surface area contributed by atoms with Crippen LogP contribution in [0.5, 0.6) is 5.75 Å². The van der Waals surface area contributed by atoms with E-state index in [-0.39, 0.29) is 12.4 Å². The largest absolute Gasteiger partial charge is 0.494 e. The zero-order valence-corrected chi connectivity index (χ0v) is 9.48. The number of pyridine rings is 1. The van der Waals surface area contributed by atoms with Gasteiger partial charge in [-0.25, -0.2) is 4.39 Å². The summed E-state index contributed by atoms with van der Waals surface area (Å²) in [6.45, 7) is 0.186. The van der Waals surface area contributed by atoms with Crippen LogP contribution >= 0.6 is 0 Å². The van der Waals surface area contributed by atoms with E-state index >= 15 is 0 Å². The molecule has 0 aliphatic carbocycles. The van der Waals surface area contributed by atoms with Crippen LogP contribution in [0.3, 0.4) is 0 Å². The van der Waals surface area contributed by atoms with Crippen molar-refractivity contribution in [1.82, 2.24) is 4.98 Å². The average molecular weight is 232 g/mol. The molecule has 2 N–H and O–H groups in total. The van der Waals surface area contributed by atoms with Crippen molar-refractivity contribution in [3.05, 3.63) is 47.9 Å². The number of hydrogen-bond donors (Lipinski definition) is 1. The van der Waals surface area contributed by atoms with Crippen molar-refractivity contribution in [2.75, 3.05) is 7.11 Å². The molecule has 0 spiro atoms. The monoisotopic (exact) mass is 232 g/mol. The number of halogens is 1. The number of nitrogens with zero attached hydrogens (tertiary/aromatic N) is 1. The van der Waals surface area contributed by atoms with Crippen molar-refractivity contribution in [1.29, 1.82) is 0 Å². The van der Waals surface area contributed by atoms with Crippen LogP contribution in [0.15, 0.2) is 36.5 Å². The second-order valence-electron chi connectivity index (χ2n) is 3.56. The number of rotatable bonds is 3. The van der Waals surface area contributed by atoms with Gasteiger partial charge in [0.05, 0.1) is 7.11 Å². The molecular weight excluding hydrogens is 219 g/mol. The van der Waals surface area contributed by atoms with E-state index in [1.54, 1.807) is 37.6 Å². The van der Waals surface area contributed by atoms with Gasteiger partial charge in [0.25, 0.3) is 0 Å². The van der Waals surface area contributed by atoms with Crippen LogP contribution in [-0.2, 0) is 6.54 Å². The third kappa shape index (κ3) is 2.26. The maximum Gasteiger partial charge on any atom is 0.145 e. The lowest BCUT2D eigenvalue weighted by molar-refractivity contribution is 0.415. The topological polar surface area (TPSA) is 48.1 Å². The van der Waals surface area contributed by atoms with Crippen molar-refractivity contribution in [3.8, 4) is 17.0 Å². The zero-order valence-electron chi connectivity index (χ0n) is 9.48. The van der Waals surface area contributed by atoms with Gasteiger partial charge in [-0.05, 0) is 18.2 Å². The number of nitrogens with two attached hydrogens (primary N) is 1. The van der Waals surface area contributed by atoms with Crippen molar-refractivity contribution < 1.29 is 9.13 Å². The van der Waals surface area contributed by atoms with Crippen LogP contribution in [0.2, 0.25) is 0 Å². The molecule has 17 heavy (non-hydrogen) atoms. The highest BCUT2D eigenvalue weighted by Crippen LogP contribution is 2.28. The maximum atomic E-state index is 13.6. The van der Waals surface area contributed by atoms with Gasteiger partial charge >= 0.3 is 0 Å². The Morgan fingerprint density at radius 2 is 2.18 bits per heavy atom. The molecule has 0 amide bonds. The maximum absolute atomic E-state index is 13.6. The number of methoxy groups -OCH3 is 1. The van der Waals surface area contributed by atoms with E-state index in [0.29, 0.717) is 22.6 Å². The number of hydrogen-bond acceptors (Lipinski definition) is 3. The lowest BCUT2D eigenvalue weighted by Gasteiger charge is -2.08. The molecule has 1 heterocycles. The minimum absolute atomic E-state index is 0.186. The zero-order chi connectivity index (χ0) is 12.3. The highest BCUT2D eigenvalue weighted by Gasteiger charge is 2.09. The van der Waals surface area contributed by atoms with Crippen molar-refractivity contribution in [2.45, 2.75) is 6.54 Å². The van der Waals surface area contributed by atoms with Crippen LogP contribution in [0.1, 0.15) is 5.56 Å². The van der Waals surface area contributed by atoms with Gasteiger partial charge in [0.2, 0.25) is 0 Å². The Labute approximate surface area is 99.1 Å². The van der Waals surface area contributed by atoms with Crippen LogP contribution in [-0.4, -0.2) is 12.1 Å². The Kier molecular flexibility index (Phi) is 3.35. The van der Waals surface area contributed by atoms with Crippen LogP contribution in [0.4, 0.5) is 4.39 Å². The quantitative estimate of drug-likeness (QED) is 0.883. The fourth-order valence-electron chi connectivity index (χ4n) is 1.63. The highest BCUT2D eigenvalue weighted by atomic mass is 19.1. The highest BCUT2D eigenvalue weighted by molar-refractivity contribution is 5.66. The van der Waals surface area contributed by atoms with E-state index in [1.807, 2.05) is 0 Å². The van der Waals surface area contributed by atoms with E-state index in [4.69, 9.17) is 10.5 Å². The summed E-state index contributed by atoms with van der Waals surface area (Å²) in [6, 6.07) is 8.44. The van der Waals surface area contributed by atoms with E-state index in [1.165, 1.54) is 6.07 Å². The minimum Gasteiger partial charge on any atom is -0.494 e. The molecule has 0 saturated heterocycles. The molecule has 0 bridgehead atoms. The van der Waals surface area contributed by atoms with Crippen molar-refractivity contribution >= 4 is 0 Å². The SMILES string of the molecule is COc1cccnc1-c1ccc(CN)c(F)c1. The second kappa shape index (κ2) is 4.93. The summed E-state index contributed by atoms with van der Waals surface area (Å²) in [5.41, 5.74) is 7.21. The predicted molar refractivity (Wildman–Crippen MR) is 64.1 cm³/mol. The first-order chi connectivity index (χ1) is 8.26. The third-order valence-corrected chi connectivity index (χ3v) is 2.54. The van der Waals surface area contributed by atoms with Crippen LogP contribution < -0.4 is 10.5 Å². The predicted octanol–water partition coefficient (Wildman–Crippen LogP) is 2.36. The van der Waals surface area contributed by atoms with Gasteiger partial charge in [-0.3, -0.25) is 4.98 Å². The Bertz CT molecular complexity index is 529. The van der Waals surface area contributed by atoms with Gasteiger partial charge < -0.3 is 10.5 Å². The average Bonchev–Trinajstić information content (AvgIpc) is 2.38. The van der Waals surface area contributed by atoms with Gasteiger partial charge in [-0.1, -0.05) is 12.1 Å². The normalized spacial score (nSPS) is 10.3. The van der Waals surface area contributed by atoms with Crippen LogP contribution in [0, 0.1) is 5.82 Å².